The minimum absolute atomic E-state index is 0.112. The Labute approximate surface area is 165 Å². The Morgan fingerprint density at radius 1 is 1.29 bits per heavy atom. The van der Waals surface area contributed by atoms with Gasteiger partial charge in [-0.25, -0.2) is 13.4 Å². The molecule has 7 nitrogen and oxygen atoms in total. The first-order chi connectivity index (χ1) is 13.3. The number of carbonyl (C=O) groups is 1. The summed E-state index contributed by atoms with van der Waals surface area (Å²) in [5.74, 6) is 0.390. The van der Waals surface area contributed by atoms with Crippen molar-refractivity contribution in [3.05, 3.63) is 47.7 Å². The van der Waals surface area contributed by atoms with E-state index >= 15 is 0 Å². The number of nitrogens with one attached hydrogen (secondary N) is 1. The second kappa shape index (κ2) is 8.28. The Morgan fingerprint density at radius 2 is 2.07 bits per heavy atom. The number of hydrogen-bond donors (Lipinski definition) is 1. The van der Waals surface area contributed by atoms with Crippen LogP contribution in [0.2, 0.25) is 0 Å². The van der Waals surface area contributed by atoms with Crippen molar-refractivity contribution in [2.45, 2.75) is 44.6 Å². The number of aryl methyl sites for hydroxylation is 2. The first kappa shape index (κ1) is 20.3. The van der Waals surface area contributed by atoms with E-state index in [1.807, 2.05) is 13.0 Å². The van der Waals surface area contributed by atoms with Gasteiger partial charge in [0.05, 0.1) is 11.4 Å². The Kier molecular flexibility index (Phi) is 6.00. The molecule has 1 aliphatic heterocycles. The largest absolute Gasteiger partial charge is 0.473 e. The first-order valence-corrected chi connectivity index (χ1v) is 10.7. The lowest BCUT2D eigenvalue weighted by atomic mass is 10.2. The van der Waals surface area contributed by atoms with Gasteiger partial charge in [0.1, 0.15) is 6.10 Å². The summed E-state index contributed by atoms with van der Waals surface area (Å²) in [5, 5.41) is 2.74. The van der Waals surface area contributed by atoms with Gasteiger partial charge in [-0.2, -0.15) is 4.31 Å². The molecular formula is C20H25N3O4S. The van der Waals surface area contributed by atoms with Crippen LogP contribution in [0.5, 0.6) is 5.88 Å². The van der Waals surface area contributed by atoms with Crippen LogP contribution in [0.4, 0.5) is 5.69 Å². The van der Waals surface area contributed by atoms with Gasteiger partial charge in [-0.15, -0.1) is 0 Å². The number of hydrogen-bond acceptors (Lipinski definition) is 5. The number of carbonyl (C=O) groups excluding carboxylic acids is 1. The standard InChI is InChI=1S/C20H25N3O4S/c1-4-19(24)22-16-6-7-18(15(3)11-16)28(25,26)23-10-9-17(13-23)27-20-8-5-14(2)12-21-20/h5-8,11-12,17H,4,9-10,13H2,1-3H3,(H,22,24). The Morgan fingerprint density at radius 3 is 2.71 bits per heavy atom. The molecule has 0 bridgehead atoms. The molecule has 1 N–H and O–H groups in total. The normalized spacial score (nSPS) is 17.5. The van der Waals surface area contributed by atoms with Crippen molar-refractivity contribution in [2.75, 3.05) is 18.4 Å². The van der Waals surface area contributed by atoms with E-state index in [1.165, 1.54) is 4.31 Å². The molecule has 8 heteroatoms. The van der Waals surface area contributed by atoms with Gasteiger partial charge in [0.25, 0.3) is 0 Å². The summed E-state index contributed by atoms with van der Waals surface area (Å²) >= 11 is 0. The summed E-state index contributed by atoms with van der Waals surface area (Å²) in [5.41, 5.74) is 2.23. The lowest BCUT2D eigenvalue weighted by Gasteiger charge is -2.19. The van der Waals surface area contributed by atoms with E-state index in [-0.39, 0.29) is 23.5 Å². The lowest BCUT2D eigenvalue weighted by Crippen LogP contribution is -2.31. The van der Waals surface area contributed by atoms with Gasteiger partial charge in [0.15, 0.2) is 0 Å². The summed E-state index contributed by atoms with van der Waals surface area (Å²) in [7, 11) is -3.63. The Balaban J connectivity index is 1.71. The SMILES string of the molecule is CCC(=O)Nc1ccc(S(=O)(=O)N2CCC(Oc3ccc(C)cn3)C2)c(C)c1. The summed E-state index contributed by atoms with van der Waals surface area (Å²) in [6, 6.07) is 8.55. The fraction of sp³-hybridized carbons (Fsp3) is 0.400. The minimum atomic E-state index is -3.63. The molecule has 2 aromatic rings. The predicted octanol–water partition coefficient (Wildman–Crippen LogP) is 2.89. The molecule has 1 aromatic heterocycles. The zero-order valence-corrected chi connectivity index (χ0v) is 17.1. The molecule has 1 fully saturated rings. The summed E-state index contributed by atoms with van der Waals surface area (Å²) in [6.45, 7) is 6.12. The number of ether oxygens (including phenoxy) is 1. The van der Waals surface area contributed by atoms with Crippen molar-refractivity contribution in [1.29, 1.82) is 0 Å². The number of amides is 1. The molecule has 1 amide bonds. The van der Waals surface area contributed by atoms with Crippen LogP contribution in [-0.2, 0) is 14.8 Å². The van der Waals surface area contributed by atoms with Crippen LogP contribution in [0.25, 0.3) is 0 Å². The monoisotopic (exact) mass is 403 g/mol. The van der Waals surface area contributed by atoms with Gasteiger partial charge in [0.2, 0.25) is 21.8 Å². The van der Waals surface area contributed by atoms with Gasteiger partial charge in [-0.05, 0) is 49.6 Å². The van der Waals surface area contributed by atoms with Gasteiger partial charge in [-0.3, -0.25) is 4.79 Å². The van der Waals surface area contributed by atoms with E-state index in [4.69, 9.17) is 4.74 Å². The molecule has 1 atom stereocenters. The molecule has 0 saturated carbocycles. The third kappa shape index (κ3) is 4.51. The third-order valence-electron chi connectivity index (χ3n) is 4.68. The Bertz CT molecular complexity index is 958. The summed E-state index contributed by atoms with van der Waals surface area (Å²) in [6.07, 6.45) is 2.47. The highest BCUT2D eigenvalue weighted by Gasteiger charge is 2.34. The fourth-order valence-electron chi connectivity index (χ4n) is 3.11. The number of rotatable bonds is 6. The van der Waals surface area contributed by atoms with Gasteiger partial charge < -0.3 is 10.1 Å². The van der Waals surface area contributed by atoms with Gasteiger partial charge >= 0.3 is 0 Å². The van der Waals surface area contributed by atoms with Crippen LogP contribution in [-0.4, -0.2) is 42.8 Å². The second-order valence-corrected chi connectivity index (χ2v) is 8.85. The quantitative estimate of drug-likeness (QED) is 0.801. The number of sulfonamides is 1. The average molecular weight is 404 g/mol. The summed E-state index contributed by atoms with van der Waals surface area (Å²) in [4.78, 5) is 16.0. The van der Waals surface area contributed by atoms with E-state index in [9.17, 15) is 13.2 Å². The average Bonchev–Trinajstić information content (AvgIpc) is 3.13. The molecule has 28 heavy (non-hydrogen) atoms. The number of aromatic nitrogens is 1. The smallest absolute Gasteiger partial charge is 0.243 e. The van der Waals surface area contributed by atoms with Crippen LogP contribution in [0.3, 0.4) is 0 Å². The van der Waals surface area contributed by atoms with Crippen LogP contribution in [0.15, 0.2) is 41.4 Å². The molecule has 2 heterocycles. The van der Waals surface area contributed by atoms with Crippen molar-refractivity contribution in [1.82, 2.24) is 9.29 Å². The predicted molar refractivity (Wildman–Crippen MR) is 107 cm³/mol. The van der Waals surface area contributed by atoms with Gasteiger partial charge in [0, 0.05) is 30.9 Å². The third-order valence-corrected chi connectivity index (χ3v) is 6.70. The molecule has 150 valence electrons. The molecular weight excluding hydrogens is 378 g/mol. The molecule has 1 unspecified atom stereocenters. The molecule has 0 radical (unpaired) electrons. The van der Waals surface area contributed by atoms with Crippen molar-refractivity contribution < 1.29 is 17.9 Å². The topological polar surface area (TPSA) is 88.6 Å². The molecule has 0 spiro atoms. The number of benzene rings is 1. The molecule has 1 aromatic carbocycles. The highest BCUT2D eigenvalue weighted by Crippen LogP contribution is 2.27. The van der Waals surface area contributed by atoms with E-state index in [0.717, 1.165) is 5.56 Å². The van der Waals surface area contributed by atoms with Crippen LogP contribution >= 0.6 is 0 Å². The first-order valence-electron chi connectivity index (χ1n) is 9.29. The minimum Gasteiger partial charge on any atom is -0.473 e. The van der Waals surface area contributed by atoms with E-state index in [1.54, 1.807) is 44.3 Å². The highest BCUT2D eigenvalue weighted by molar-refractivity contribution is 7.89. The van der Waals surface area contributed by atoms with E-state index in [2.05, 4.69) is 10.3 Å². The lowest BCUT2D eigenvalue weighted by molar-refractivity contribution is -0.115. The fourth-order valence-corrected chi connectivity index (χ4v) is 4.80. The molecule has 0 aliphatic carbocycles. The molecule has 1 aliphatic rings. The maximum atomic E-state index is 13.1. The maximum absolute atomic E-state index is 13.1. The van der Waals surface area contributed by atoms with Crippen molar-refractivity contribution in [3.63, 3.8) is 0 Å². The van der Waals surface area contributed by atoms with Crippen LogP contribution < -0.4 is 10.1 Å². The second-order valence-electron chi connectivity index (χ2n) is 6.95. The van der Waals surface area contributed by atoms with Crippen molar-refractivity contribution >= 4 is 21.6 Å². The van der Waals surface area contributed by atoms with Gasteiger partial charge in [-0.1, -0.05) is 13.0 Å². The zero-order valence-electron chi connectivity index (χ0n) is 16.3. The number of pyridine rings is 1. The zero-order chi connectivity index (χ0) is 20.3. The highest BCUT2D eigenvalue weighted by atomic mass is 32.2. The maximum Gasteiger partial charge on any atom is 0.243 e. The van der Waals surface area contributed by atoms with Crippen molar-refractivity contribution in [2.24, 2.45) is 0 Å². The van der Waals surface area contributed by atoms with E-state index in [0.29, 0.717) is 36.5 Å². The van der Waals surface area contributed by atoms with Crippen LogP contribution in [0, 0.1) is 13.8 Å². The van der Waals surface area contributed by atoms with E-state index < -0.39 is 10.0 Å². The number of anilines is 1. The van der Waals surface area contributed by atoms with Crippen LogP contribution in [0.1, 0.15) is 30.9 Å². The molecule has 3 rings (SSSR count). The number of nitrogens with zero attached hydrogens (tertiary/aromatic N) is 2. The molecule has 1 saturated heterocycles. The Hall–Kier alpha value is -2.45. The summed E-state index contributed by atoms with van der Waals surface area (Å²) < 4.78 is 33.4. The van der Waals surface area contributed by atoms with Crippen molar-refractivity contribution in [3.8, 4) is 5.88 Å².